The van der Waals surface area contributed by atoms with E-state index in [1.807, 2.05) is 0 Å². The highest BCUT2D eigenvalue weighted by Crippen LogP contribution is 2.35. The van der Waals surface area contributed by atoms with Crippen molar-refractivity contribution < 1.29 is 4.74 Å². The highest BCUT2D eigenvalue weighted by molar-refractivity contribution is 7.09. The Balaban J connectivity index is 2.08. The highest BCUT2D eigenvalue weighted by atomic mass is 32.1. The molecule has 1 aliphatic rings. The molecule has 0 radical (unpaired) electrons. The molecule has 1 aromatic rings. The number of nitrogens with two attached hydrogens (primary N) is 1. The van der Waals surface area contributed by atoms with Gasteiger partial charge in [0.25, 0.3) is 0 Å². The molecule has 0 bridgehead atoms. The molecule has 1 aromatic heterocycles. The minimum Gasteiger partial charge on any atom is -0.374 e. The van der Waals surface area contributed by atoms with Crippen LogP contribution in [0, 0.1) is 5.92 Å². The van der Waals surface area contributed by atoms with Crippen molar-refractivity contribution in [2.24, 2.45) is 5.92 Å². The summed E-state index contributed by atoms with van der Waals surface area (Å²) >= 11 is 1.25. The quantitative estimate of drug-likeness (QED) is 0.861. The molecule has 1 aliphatic carbocycles. The summed E-state index contributed by atoms with van der Waals surface area (Å²) in [5.41, 5.74) is 5.59. The molecular weight excluding hydrogens is 210 g/mol. The number of nitrogens with zero attached hydrogens (tertiary/aromatic N) is 2. The summed E-state index contributed by atoms with van der Waals surface area (Å²) in [5.74, 6) is 1.34. The highest BCUT2D eigenvalue weighted by Gasteiger charge is 2.27. The fourth-order valence-electron chi connectivity index (χ4n) is 2.31. The van der Waals surface area contributed by atoms with Crippen molar-refractivity contribution in [2.45, 2.75) is 38.2 Å². The Morgan fingerprint density at radius 1 is 1.40 bits per heavy atom. The Labute approximate surface area is 94.0 Å². The maximum atomic E-state index is 5.59. The molecule has 1 heterocycles. The summed E-state index contributed by atoms with van der Waals surface area (Å²) in [6.07, 6.45) is 6.42. The molecule has 0 amide bonds. The van der Waals surface area contributed by atoms with Gasteiger partial charge in [0.15, 0.2) is 11.0 Å². The number of methoxy groups -OCH3 is 1. The molecule has 0 saturated heterocycles. The maximum Gasteiger partial charge on any atom is 0.200 e. The number of aromatic nitrogens is 2. The number of hydrogen-bond donors (Lipinski definition) is 1. The maximum absolute atomic E-state index is 5.59. The van der Waals surface area contributed by atoms with Crippen LogP contribution in [0.5, 0.6) is 0 Å². The van der Waals surface area contributed by atoms with E-state index in [0.29, 0.717) is 11.0 Å². The molecule has 1 saturated carbocycles. The van der Waals surface area contributed by atoms with Crippen LogP contribution in [-0.4, -0.2) is 16.5 Å². The van der Waals surface area contributed by atoms with Crippen molar-refractivity contribution >= 4 is 16.7 Å². The van der Waals surface area contributed by atoms with Gasteiger partial charge in [-0.3, -0.25) is 0 Å². The van der Waals surface area contributed by atoms with Gasteiger partial charge in [-0.1, -0.05) is 19.3 Å². The standard InChI is InChI=1S/C10H17N3OS/c1-14-8(7-5-3-2-4-6-7)9-12-10(11)15-13-9/h7-8H,2-6H2,1H3,(H2,11,12,13). The lowest BCUT2D eigenvalue weighted by Gasteiger charge is -2.27. The van der Waals surface area contributed by atoms with Gasteiger partial charge in [-0.2, -0.15) is 4.37 Å². The SMILES string of the molecule is COC(c1nsc(N)n1)C1CCCCC1. The minimum atomic E-state index is 0.0406. The van der Waals surface area contributed by atoms with E-state index in [1.165, 1.54) is 43.6 Å². The lowest BCUT2D eigenvalue weighted by atomic mass is 9.85. The third kappa shape index (κ3) is 2.46. The zero-order valence-corrected chi connectivity index (χ0v) is 9.80. The zero-order chi connectivity index (χ0) is 10.7. The number of rotatable bonds is 3. The van der Waals surface area contributed by atoms with Gasteiger partial charge in [0.2, 0.25) is 0 Å². The Morgan fingerprint density at radius 2 is 2.13 bits per heavy atom. The van der Waals surface area contributed by atoms with Crippen LogP contribution >= 0.6 is 11.5 Å². The lowest BCUT2D eigenvalue weighted by molar-refractivity contribution is 0.0299. The second-order valence-electron chi connectivity index (χ2n) is 4.05. The predicted octanol–water partition coefficient (Wildman–Crippen LogP) is 2.39. The monoisotopic (exact) mass is 227 g/mol. The number of hydrogen-bond acceptors (Lipinski definition) is 5. The van der Waals surface area contributed by atoms with Crippen LogP contribution in [0.4, 0.5) is 5.13 Å². The summed E-state index contributed by atoms with van der Waals surface area (Å²) in [4.78, 5) is 4.22. The van der Waals surface area contributed by atoms with Crippen molar-refractivity contribution in [3.8, 4) is 0 Å². The largest absolute Gasteiger partial charge is 0.374 e. The van der Waals surface area contributed by atoms with Crippen LogP contribution in [0.2, 0.25) is 0 Å². The Hall–Kier alpha value is -0.680. The van der Waals surface area contributed by atoms with Crippen molar-refractivity contribution in [3.05, 3.63) is 5.82 Å². The molecule has 5 heteroatoms. The average Bonchev–Trinajstić information content (AvgIpc) is 2.68. The van der Waals surface area contributed by atoms with E-state index in [2.05, 4.69) is 9.36 Å². The molecule has 0 aromatic carbocycles. The van der Waals surface area contributed by atoms with Gasteiger partial charge >= 0.3 is 0 Å². The fourth-order valence-corrected chi connectivity index (χ4v) is 2.77. The second-order valence-corrected chi connectivity index (χ2v) is 4.83. The van der Waals surface area contributed by atoms with Gasteiger partial charge in [0.1, 0.15) is 6.10 Å². The van der Waals surface area contributed by atoms with Crippen molar-refractivity contribution in [1.29, 1.82) is 0 Å². The third-order valence-electron chi connectivity index (χ3n) is 3.04. The predicted molar refractivity (Wildman–Crippen MR) is 60.6 cm³/mol. The molecule has 1 atom stereocenters. The van der Waals surface area contributed by atoms with E-state index in [9.17, 15) is 0 Å². The van der Waals surface area contributed by atoms with Gasteiger partial charge < -0.3 is 10.5 Å². The molecule has 0 spiro atoms. The first-order valence-electron chi connectivity index (χ1n) is 5.43. The Bertz CT molecular complexity index is 309. The van der Waals surface area contributed by atoms with Crippen LogP contribution in [0.1, 0.15) is 44.0 Å². The van der Waals surface area contributed by atoms with Crippen molar-refractivity contribution in [1.82, 2.24) is 9.36 Å². The van der Waals surface area contributed by atoms with E-state index >= 15 is 0 Å². The first-order chi connectivity index (χ1) is 7.31. The molecule has 15 heavy (non-hydrogen) atoms. The summed E-state index contributed by atoms with van der Waals surface area (Å²) in [6.45, 7) is 0. The van der Waals surface area contributed by atoms with E-state index in [4.69, 9.17) is 10.5 Å². The number of nitrogen functional groups attached to an aromatic ring is 1. The van der Waals surface area contributed by atoms with Gasteiger partial charge in [-0.05, 0) is 18.8 Å². The van der Waals surface area contributed by atoms with Gasteiger partial charge in [-0.25, -0.2) is 4.98 Å². The van der Waals surface area contributed by atoms with Crippen LogP contribution in [-0.2, 0) is 4.74 Å². The average molecular weight is 227 g/mol. The molecule has 0 aliphatic heterocycles. The molecule has 4 nitrogen and oxygen atoms in total. The summed E-state index contributed by atoms with van der Waals surface area (Å²) in [5, 5.41) is 0.530. The molecule has 1 fully saturated rings. The smallest absolute Gasteiger partial charge is 0.200 e. The number of anilines is 1. The van der Waals surface area contributed by atoms with Crippen LogP contribution in [0.15, 0.2) is 0 Å². The van der Waals surface area contributed by atoms with Gasteiger partial charge in [0, 0.05) is 18.6 Å². The van der Waals surface area contributed by atoms with E-state index in [-0.39, 0.29) is 6.10 Å². The van der Waals surface area contributed by atoms with E-state index in [1.54, 1.807) is 7.11 Å². The molecule has 1 unspecified atom stereocenters. The topological polar surface area (TPSA) is 61.0 Å². The molecule has 2 N–H and O–H groups in total. The van der Waals surface area contributed by atoms with Crippen molar-refractivity contribution in [2.75, 3.05) is 12.8 Å². The fraction of sp³-hybridized carbons (Fsp3) is 0.800. The zero-order valence-electron chi connectivity index (χ0n) is 8.98. The van der Waals surface area contributed by atoms with Crippen LogP contribution in [0.3, 0.4) is 0 Å². The van der Waals surface area contributed by atoms with E-state index < -0.39 is 0 Å². The molecule has 84 valence electrons. The third-order valence-corrected chi connectivity index (χ3v) is 3.60. The normalized spacial score (nSPS) is 20.3. The Kier molecular flexibility index (Phi) is 3.53. The van der Waals surface area contributed by atoms with Crippen LogP contribution < -0.4 is 5.73 Å². The first-order valence-corrected chi connectivity index (χ1v) is 6.20. The van der Waals surface area contributed by atoms with Crippen molar-refractivity contribution in [3.63, 3.8) is 0 Å². The summed E-state index contributed by atoms with van der Waals surface area (Å²) in [6, 6.07) is 0. The minimum absolute atomic E-state index is 0.0406. The van der Waals surface area contributed by atoms with E-state index in [0.717, 1.165) is 5.82 Å². The lowest BCUT2D eigenvalue weighted by Crippen LogP contribution is -2.19. The second kappa shape index (κ2) is 4.90. The van der Waals surface area contributed by atoms with Gasteiger partial charge in [0.05, 0.1) is 0 Å². The number of ether oxygens (including phenoxy) is 1. The molecule has 2 rings (SSSR count). The summed E-state index contributed by atoms with van der Waals surface area (Å²) < 4.78 is 9.76. The summed E-state index contributed by atoms with van der Waals surface area (Å²) in [7, 11) is 1.73. The Morgan fingerprint density at radius 3 is 2.67 bits per heavy atom. The first kappa shape index (κ1) is 10.8. The van der Waals surface area contributed by atoms with Crippen LogP contribution in [0.25, 0.3) is 0 Å². The van der Waals surface area contributed by atoms with Gasteiger partial charge in [-0.15, -0.1) is 0 Å². The molecular formula is C10H17N3OS.